The zero-order chi connectivity index (χ0) is 36.3. The lowest BCUT2D eigenvalue weighted by atomic mass is 9.83. The van der Waals surface area contributed by atoms with E-state index in [9.17, 15) is 45.4 Å². The maximum Gasteiger partial charge on any atom is 0.419 e. The summed E-state index contributed by atoms with van der Waals surface area (Å²) in [6.07, 6.45) is -8.49. The Kier molecular flexibility index (Phi) is 9.37. The minimum atomic E-state index is -4.98. The number of halogens is 7. The summed E-state index contributed by atoms with van der Waals surface area (Å²) in [6.45, 7) is 3.92. The second kappa shape index (κ2) is 13.2. The normalized spacial score (nSPS) is 28.8. The molecule has 1 aliphatic heterocycles. The van der Waals surface area contributed by atoms with Gasteiger partial charge >= 0.3 is 12.4 Å². The SMILES string of the molecule is COc1ncc(C2=NOC3CC(C(O)C(F)(F)F)CC23)cc1C(=O)N[C@H]1[C@@H](C(=O)Nc2ccc(F)c(C(F)(F)F)c2)[C@H]2CC[C@@H]1/C2=C\C(C)C. The Hall–Kier alpha value is -4.21. The number of allylic oxidation sites excluding steroid dienone is 1. The number of aliphatic hydroxyl groups excluding tert-OH is 1. The van der Waals surface area contributed by atoms with Crippen LogP contribution in [-0.4, -0.2) is 59.2 Å². The lowest BCUT2D eigenvalue weighted by Gasteiger charge is -2.30. The number of carbonyl (C=O) groups excluding carboxylic acids is 2. The number of carbonyl (C=O) groups is 2. The molecule has 3 fully saturated rings. The quantitative estimate of drug-likeness (QED) is 0.219. The Labute approximate surface area is 282 Å². The number of anilines is 1. The maximum atomic E-state index is 14.0. The van der Waals surface area contributed by atoms with Gasteiger partial charge in [0.25, 0.3) is 5.91 Å². The van der Waals surface area contributed by atoms with Crippen LogP contribution < -0.4 is 15.4 Å². The van der Waals surface area contributed by atoms with Crippen LogP contribution in [0.25, 0.3) is 0 Å². The van der Waals surface area contributed by atoms with Crippen molar-refractivity contribution in [3.05, 3.63) is 64.6 Å². The van der Waals surface area contributed by atoms with E-state index in [2.05, 4.69) is 20.8 Å². The van der Waals surface area contributed by atoms with Gasteiger partial charge in [0.1, 0.15) is 17.5 Å². The monoisotopic (exact) mass is 712 g/mol. The Morgan fingerprint density at radius 2 is 1.78 bits per heavy atom. The van der Waals surface area contributed by atoms with Crippen LogP contribution in [0.15, 0.2) is 47.3 Å². The van der Waals surface area contributed by atoms with E-state index in [-0.39, 0.29) is 53.4 Å². The van der Waals surface area contributed by atoms with Crippen LogP contribution in [0.1, 0.15) is 61.0 Å². The molecule has 2 bridgehead atoms. The first-order valence-corrected chi connectivity index (χ1v) is 16.2. The number of amides is 2. The van der Waals surface area contributed by atoms with Gasteiger partial charge in [-0.05, 0) is 67.7 Å². The third kappa shape index (κ3) is 6.65. The van der Waals surface area contributed by atoms with Crippen molar-refractivity contribution in [1.82, 2.24) is 10.3 Å². The minimum Gasteiger partial charge on any atom is -0.480 e. The average molecular weight is 713 g/mol. The number of aliphatic hydroxyl groups is 1. The molecule has 50 heavy (non-hydrogen) atoms. The number of rotatable bonds is 8. The highest BCUT2D eigenvalue weighted by molar-refractivity contribution is 6.06. The number of ether oxygens (including phenoxy) is 1. The van der Waals surface area contributed by atoms with Crippen molar-refractivity contribution in [2.75, 3.05) is 12.4 Å². The highest BCUT2D eigenvalue weighted by atomic mass is 19.4. The van der Waals surface area contributed by atoms with Crippen LogP contribution in [0.4, 0.5) is 36.4 Å². The van der Waals surface area contributed by atoms with Gasteiger partial charge in [0, 0.05) is 35.3 Å². The van der Waals surface area contributed by atoms with E-state index < -0.39 is 71.6 Å². The summed E-state index contributed by atoms with van der Waals surface area (Å²) in [6, 6.07) is 2.83. The molecule has 4 unspecified atom stereocenters. The molecule has 3 saturated carbocycles. The minimum absolute atomic E-state index is 0.0503. The van der Waals surface area contributed by atoms with Gasteiger partial charge < -0.3 is 25.3 Å². The molecular weight excluding hydrogens is 677 g/mol. The summed E-state index contributed by atoms with van der Waals surface area (Å²) in [7, 11) is 1.29. The number of aromatic nitrogens is 1. The molecule has 2 aromatic rings. The van der Waals surface area contributed by atoms with Crippen molar-refractivity contribution in [1.29, 1.82) is 0 Å². The van der Waals surface area contributed by atoms with E-state index in [1.165, 1.54) is 19.4 Å². The summed E-state index contributed by atoms with van der Waals surface area (Å²) in [5, 5.41) is 19.3. The number of benzene rings is 1. The molecule has 6 rings (SSSR count). The van der Waals surface area contributed by atoms with E-state index >= 15 is 0 Å². The van der Waals surface area contributed by atoms with E-state index in [0.717, 1.165) is 11.6 Å². The topological polar surface area (TPSA) is 122 Å². The number of nitrogens with one attached hydrogen (secondary N) is 2. The fourth-order valence-electron chi connectivity index (χ4n) is 8.03. The first kappa shape index (κ1) is 35.6. The zero-order valence-corrected chi connectivity index (χ0v) is 27.1. The van der Waals surface area contributed by atoms with Crippen molar-refractivity contribution < 1.29 is 55.0 Å². The number of hydrogen-bond donors (Lipinski definition) is 3. The number of methoxy groups -OCH3 is 1. The number of fused-ring (bicyclic) bond motifs is 3. The van der Waals surface area contributed by atoms with Crippen LogP contribution >= 0.6 is 0 Å². The number of pyridine rings is 1. The fraction of sp³-hybridized carbons (Fsp3) is 0.529. The molecular formula is C34H35F7N4O5. The first-order valence-electron chi connectivity index (χ1n) is 16.2. The van der Waals surface area contributed by atoms with Crippen LogP contribution in [0, 0.1) is 41.3 Å². The lowest BCUT2D eigenvalue weighted by Crippen LogP contribution is -2.48. The van der Waals surface area contributed by atoms with Crippen LogP contribution in [-0.2, 0) is 15.8 Å². The summed E-state index contributed by atoms with van der Waals surface area (Å²) in [5.74, 6) is -5.92. The van der Waals surface area contributed by atoms with Gasteiger partial charge in [0.15, 0.2) is 6.10 Å². The van der Waals surface area contributed by atoms with E-state index in [4.69, 9.17) is 9.57 Å². The van der Waals surface area contributed by atoms with Crippen molar-refractivity contribution in [3.8, 4) is 5.88 Å². The molecule has 4 aliphatic rings. The summed E-state index contributed by atoms with van der Waals surface area (Å²) in [5.41, 5.74) is -0.302. The molecule has 2 heterocycles. The average Bonchev–Trinajstić information content (AvgIpc) is 3.80. The number of hydrogen-bond acceptors (Lipinski definition) is 7. The van der Waals surface area contributed by atoms with Gasteiger partial charge in [-0.3, -0.25) is 9.59 Å². The van der Waals surface area contributed by atoms with Crippen molar-refractivity contribution >= 4 is 23.2 Å². The Morgan fingerprint density at radius 3 is 2.44 bits per heavy atom. The Balaban J connectivity index is 1.26. The van der Waals surface area contributed by atoms with Crippen molar-refractivity contribution in [3.63, 3.8) is 0 Å². The Morgan fingerprint density at radius 1 is 1.06 bits per heavy atom. The third-order valence-corrected chi connectivity index (χ3v) is 10.1. The summed E-state index contributed by atoms with van der Waals surface area (Å²) >= 11 is 0. The molecule has 16 heteroatoms. The molecule has 3 N–H and O–H groups in total. The van der Waals surface area contributed by atoms with Crippen molar-refractivity contribution in [2.24, 2.45) is 40.7 Å². The molecule has 0 spiro atoms. The standard InChI is InChI=1S/C34H35F7N4O5/c1-14(2)8-20-18-5-6-19(20)28(26(18)31(48)43-17-4-7-24(35)23(12-17)33(36,37)38)44-30(47)22-10-16(13-42-32(22)49-3)27-21-9-15(11-25(21)50-45-27)29(46)34(39,40)41/h4,7-8,10,12-15,18-19,21,25-26,28-29,46H,5-6,9,11H2,1-3H3,(H,43,48)(H,44,47)/b20-8-/t15?,18-,19+,21?,25?,26-,28+,29?/m0/s1. The molecule has 3 aliphatic carbocycles. The molecule has 270 valence electrons. The van der Waals surface area contributed by atoms with E-state index in [0.29, 0.717) is 30.5 Å². The summed E-state index contributed by atoms with van der Waals surface area (Å²) < 4.78 is 99.1. The molecule has 1 aromatic heterocycles. The highest BCUT2D eigenvalue weighted by Gasteiger charge is 2.55. The number of alkyl halides is 6. The molecule has 0 saturated heterocycles. The molecule has 9 nitrogen and oxygen atoms in total. The predicted molar refractivity (Wildman–Crippen MR) is 164 cm³/mol. The fourth-order valence-corrected chi connectivity index (χ4v) is 8.03. The Bertz CT molecular complexity index is 1730. The van der Waals surface area contributed by atoms with Gasteiger partial charge in [0.05, 0.1) is 24.3 Å². The van der Waals surface area contributed by atoms with Gasteiger partial charge in [-0.2, -0.15) is 26.3 Å². The lowest BCUT2D eigenvalue weighted by molar-refractivity contribution is -0.219. The second-order valence-electron chi connectivity index (χ2n) is 13.6. The van der Waals surface area contributed by atoms with Crippen LogP contribution in [0.2, 0.25) is 0 Å². The van der Waals surface area contributed by atoms with Gasteiger partial charge in [-0.1, -0.05) is 30.7 Å². The summed E-state index contributed by atoms with van der Waals surface area (Å²) in [4.78, 5) is 37.4. The zero-order valence-electron chi connectivity index (χ0n) is 27.1. The second-order valence-corrected chi connectivity index (χ2v) is 13.6. The number of nitrogens with zero attached hydrogens (tertiary/aromatic N) is 2. The molecule has 0 radical (unpaired) electrons. The largest absolute Gasteiger partial charge is 0.480 e. The molecule has 8 atom stereocenters. The van der Waals surface area contributed by atoms with Gasteiger partial charge in [-0.25, -0.2) is 9.37 Å². The first-order chi connectivity index (χ1) is 23.5. The van der Waals surface area contributed by atoms with E-state index in [1.54, 1.807) is 0 Å². The van der Waals surface area contributed by atoms with E-state index in [1.807, 2.05) is 19.9 Å². The van der Waals surface area contributed by atoms with Crippen LogP contribution in [0.3, 0.4) is 0 Å². The molecule has 2 amide bonds. The van der Waals surface area contributed by atoms with Crippen LogP contribution in [0.5, 0.6) is 5.88 Å². The molecule has 1 aromatic carbocycles. The van der Waals surface area contributed by atoms with Gasteiger partial charge in [-0.15, -0.1) is 0 Å². The van der Waals surface area contributed by atoms with Crippen molar-refractivity contribution in [2.45, 2.75) is 70.1 Å². The third-order valence-electron chi connectivity index (χ3n) is 10.1. The number of oxime groups is 1. The predicted octanol–water partition coefficient (Wildman–Crippen LogP) is 6.28. The highest BCUT2D eigenvalue weighted by Crippen LogP contribution is 2.53. The smallest absolute Gasteiger partial charge is 0.419 e. The van der Waals surface area contributed by atoms with Gasteiger partial charge in [0.2, 0.25) is 11.8 Å². The maximum absolute atomic E-state index is 14.0.